The SMILES string of the molecule is CCOC(=O)N1CCCN(C(=O)c2ccc(OC)cc2OC)CC1. The smallest absolute Gasteiger partial charge is 0.409 e. The van der Waals surface area contributed by atoms with Gasteiger partial charge in [0.25, 0.3) is 5.91 Å². The van der Waals surface area contributed by atoms with Crippen LogP contribution in [0.1, 0.15) is 23.7 Å². The van der Waals surface area contributed by atoms with Gasteiger partial charge in [-0.1, -0.05) is 0 Å². The Balaban J connectivity index is 2.09. The van der Waals surface area contributed by atoms with Crippen LogP contribution in [0.3, 0.4) is 0 Å². The molecule has 132 valence electrons. The molecule has 1 aliphatic rings. The first-order valence-corrected chi connectivity index (χ1v) is 8.03. The van der Waals surface area contributed by atoms with Crippen LogP contribution in [-0.2, 0) is 4.74 Å². The van der Waals surface area contributed by atoms with E-state index in [2.05, 4.69) is 0 Å². The van der Waals surface area contributed by atoms with Crippen LogP contribution in [0.25, 0.3) is 0 Å². The average Bonchev–Trinajstić information content (AvgIpc) is 2.87. The molecule has 0 spiro atoms. The molecule has 2 rings (SSSR count). The molecule has 0 aliphatic carbocycles. The van der Waals surface area contributed by atoms with Crippen molar-refractivity contribution in [2.75, 3.05) is 47.0 Å². The molecule has 0 radical (unpaired) electrons. The highest BCUT2D eigenvalue weighted by atomic mass is 16.6. The Morgan fingerprint density at radius 3 is 2.42 bits per heavy atom. The minimum Gasteiger partial charge on any atom is -0.497 e. The maximum absolute atomic E-state index is 12.8. The molecule has 7 heteroatoms. The van der Waals surface area contributed by atoms with Gasteiger partial charge in [-0.2, -0.15) is 0 Å². The van der Waals surface area contributed by atoms with Crippen LogP contribution < -0.4 is 9.47 Å². The van der Waals surface area contributed by atoms with Crippen molar-refractivity contribution in [2.24, 2.45) is 0 Å². The second-order valence-corrected chi connectivity index (χ2v) is 5.40. The predicted molar refractivity (Wildman–Crippen MR) is 88.7 cm³/mol. The van der Waals surface area contributed by atoms with E-state index in [1.54, 1.807) is 42.0 Å². The number of benzene rings is 1. The lowest BCUT2D eigenvalue weighted by Crippen LogP contribution is -2.37. The summed E-state index contributed by atoms with van der Waals surface area (Å²) in [6.07, 6.45) is 0.386. The van der Waals surface area contributed by atoms with Crippen molar-refractivity contribution in [1.82, 2.24) is 9.80 Å². The first-order chi connectivity index (χ1) is 11.6. The summed E-state index contributed by atoms with van der Waals surface area (Å²) in [5.74, 6) is 0.999. The zero-order chi connectivity index (χ0) is 17.5. The third kappa shape index (κ3) is 4.10. The number of amides is 2. The van der Waals surface area contributed by atoms with Crippen LogP contribution in [0.15, 0.2) is 18.2 Å². The molecule has 1 heterocycles. The van der Waals surface area contributed by atoms with Crippen molar-refractivity contribution in [3.8, 4) is 11.5 Å². The Morgan fingerprint density at radius 2 is 1.75 bits per heavy atom. The maximum atomic E-state index is 12.8. The summed E-state index contributed by atoms with van der Waals surface area (Å²) in [4.78, 5) is 28.0. The van der Waals surface area contributed by atoms with Gasteiger partial charge < -0.3 is 24.0 Å². The molecule has 1 saturated heterocycles. The lowest BCUT2D eigenvalue weighted by atomic mass is 10.1. The number of ether oxygens (including phenoxy) is 3. The van der Waals surface area contributed by atoms with Crippen LogP contribution in [0.4, 0.5) is 4.79 Å². The van der Waals surface area contributed by atoms with Gasteiger partial charge in [0.1, 0.15) is 11.5 Å². The first kappa shape index (κ1) is 17.9. The third-order valence-electron chi connectivity index (χ3n) is 3.95. The van der Waals surface area contributed by atoms with Crippen LogP contribution in [0.5, 0.6) is 11.5 Å². The van der Waals surface area contributed by atoms with Gasteiger partial charge in [0, 0.05) is 32.2 Å². The number of nitrogens with zero attached hydrogens (tertiary/aromatic N) is 2. The molecule has 0 unspecified atom stereocenters. The van der Waals surface area contributed by atoms with Crippen LogP contribution >= 0.6 is 0 Å². The van der Waals surface area contributed by atoms with Crippen molar-refractivity contribution in [2.45, 2.75) is 13.3 Å². The molecule has 24 heavy (non-hydrogen) atoms. The van der Waals surface area contributed by atoms with Crippen LogP contribution in [-0.4, -0.2) is 68.8 Å². The molecule has 2 amide bonds. The molecular formula is C17H24N2O5. The van der Waals surface area contributed by atoms with E-state index in [1.807, 2.05) is 0 Å². The number of hydrogen-bond donors (Lipinski definition) is 0. The molecule has 0 atom stereocenters. The Morgan fingerprint density at radius 1 is 1.04 bits per heavy atom. The second-order valence-electron chi connectivity index (χ2n) is 5.40. The maximum Gasteiger partial charge on any atom is 0.409 e. The minimum absolute atomic E-state index is 0.111. The Hall–Kier alpha value is -2.44. The zero-order valence-electron chi connectivity index (χ0n) is 14.4. The van der Waals surface area contributed by atoms with Crippen molar-refractivity contribution >= 4 is 12.0 Å². The molecule has 1 fully saturated rings. The van der Waals surface area contributed by atoms with Crippen molar-refractivity contribution in [1.29, 1.82) is 0 Å². The van der Waals surface area contributed by atoms with Gasteiger partial charge in [0.05, 0.1) is 26.4 Å². The van der Waals surface area contributed by atoms with Crippen molar-refractivity contribution in [3.63, 3.8) is 0 Å². The van der Waals surface area contributed by atoms with Gasteiger partial charge in [-0.25, -0.2) is 4.79 Å². The molecular weight excluding hydrogens is 312 g/mol. The molecule has 7 nitrogen and oxygen atoms in total. The van der Waals surface area contributed by atoms with E-state index < -0.39 is 0 Å². The van der Waals surface area contributed by atoms with Gasteiger partial charge in [-0.15, -0.1) is 0 Å². The van der Waals surface area contributed by atoms with E-state index >= 15 is 0 Å². The zero-order valence-corrected chi connectivity index (χ0v) is 14.4. The predicted octanol–water partition coefficient (Wildman–Crippen LogP) is 2.01. The summed E-state index contributed by atoms with van der Waals surface area (Å²) in [7, 11) is 3.09. The Labute approximate surface area is 142 Å². The van der Waals surface area contributed by atoms with Gasteiger partial charge >= 0.3 is 6.09 Å². The number of rotatable bonds is 4. The number of methoxy groups -OCH3 is 2. The van der Waals surface area contributed by atoms with E-state index in [4.69, 9.17) is 14.2 Å². The van der Waals surface area contributed by atoms with Crippen molar-refractivity contribution in [3.05, 3.63) is 23.8 Å². The summed E-state index contributed by atoms with van der Waals surface area (Å²) in [6.45, 7) is 4.23. The van der Waals surface area contributed by atoms with E-state index in [-0.39, 0.29) is 12.0 Å². The fourth-order valence-electron chi connectivity index (χ4n) is 2.66. The molecule has 0 bridgehead atoms. The van der Waals surface area contributed by atoms with E-state index in [0.29, 0.717) is 56.3 Å². The third-order valence-corrected chi connectivity index (χ3v) is 3.95. The van der Waals surface area contributed by atoms with E-state index in [0.717, 1.165) is 0 Å². The van der Waals surface area contributed by atoms with Crippen molar-refractivity contribution < 1.29 is 23.8 Å². The molecule has 0 aromatic heterocycles. The average molecular weight is 336 g/mol. The Kier molecular flexibility index (Phi) is 6.28. The normalized spacial score (nSPS) is 14.8. The number of hydrogen-bond acceptors (Lipinski definition) is 5. The first-order valence-electron chi connectivity index (χ1n) is 8.03. The fourth-order valence-corrected chi connectivity index (χ4v) is 2.66. The summed E-state index contributed by atoms with van der Waals surface area (Å²) < 4.78 is 15.5. The van der Waals surface area contributed by atoms with Gasteiger partial charge in [0.2, 0.25) is 0 Å². The summed E-state index contributed by atoms with van der Waals surface area (Å²) in [5.41, 5.74) is 0.489. The van der Waals surface area contributed by atoms with Crippen LogP contribution in [0.2, 0.25) is 0 Å². The molecule has 1 aromatic carbocycles. The standard InChI is InChI=1S/C17H24N2O5/c1-4-24-17(21)19-9-5-8-18(10-11-19)16(20)14-7-6-13(22-2)12-15(14)23-3/h6-7,12H,4-5,8-11H2,1-3H3. The lowest BCUT2D eigenvalue weighted by Gasteiger charge is -2.22. The van der Waals surface area contributed by atoms with Crippen LogP contribution in [0, 0.1) is 0 Å². The van der Waals surface area contributed by atoms with E-state index in [9.17, 15) is 9.59 Å². The van der Waals surface area contributed by atoms with Gasteiger partial charge in [-0.05, 0) is 25.5 Å². The summed E-state index contributed by atoms with van der Waals surface area (Å²) in [5, 5.41) is 0. The minimum atomic E-state index is -0.325. The number of carbonyl (C=O) groups excluding carboxylic acids is 2. The largest absolute Gasteiger partial charge is 0.497 e. The highest BCUT2D eigenvalue weighted by Crippen LogP contribution is 2.26. The lowest BCUT2D eigenvalue weighted by molar-refractivity contribution is 0.0750. The fraction of sp³-hybridized carbons (Fsp3) is 0.529. The topological polar surface area (TPSA) is 68.3 Å². The highest BCUT2D eigenvalue weighted by molar-refractivity contribution is 5.97. The highest BCUT2D eigenvalue weighted by Gasteiger charge is 2.25. The monoisotopic (exact) mass is 336 g/mol. The quantitative estimate of drug-likeness (QED) is 0.841. The second kappa shape index (κ2) is 8.42. The van der Waals surface area contributed by atoms with Gasteiger partial charge in [-0.3, -0.25) is 4.79 Å². The van der Waals surface area contributed by atoms with E-state index in [1.165, 1.54) is 7.11 Å². The molecule has 0 saturated carbocycles. The summed E-state index contributed by atoms with van der Waals surface area (Å²) in [6, 6.07) is 5.13. The number of carbonyl (C=O) groups is 2. The molecule has 1 aromatic rings. The molecule has 0 N–H and O–H groups in total. The van der Waals surface area contributed by atoms with Gasteiger partial charge in [0.15, 0.2) is 0 Å². The Bertz CT molecular complexity index is 590. The summed E-state index contributed by atoms with van der Waals surface area (Å²) >= 11 is 0. The molecule has 1 aliphatic heterocycles.